The van der Waals surface area contributed by atoms with E-state index in [0.717, 1.165) is 64.1 Å². The number of nitrogens with one attached hydrogen (secondary N) is 1. The first-order chi connectivity index (χ1) is 14.5. The minimum Gasteiger partial charge on any atom is -0.379 e. The van der Waals surface area contributed by atoms with Gasteiger partial charge in [0.15, 0.2) is 9.84 Å². The summed E-state index contributed by atoms with van der Waals surface area (Å²) >= 11 is 0. The molecule has 1 heterocycles. The quantitative estimate of drug-likeness (QED) is 0.762. The molecule has 2 aliphatic rings. The van der Waals surface area contributed by atoms with Crippen molar-refractivity contribution in [1.82, 2.24) is 4.90 Å². The third-order valence-corrected chi connectivity index (χ3v) is 8.12. The van der Waals surface area contributed by atoms with Gasteiger partial charge in [-0.3, -0.25) is 9.69 Å². The zero-order chi connectivity index (χ0) is 21.0. The van der Waals surface area contributed by atoms with Gasteiger partial charge in [0.2, 0.25) is 0 Å². The zero-order valence-corrected chi connectivity index (χ0v) is 17.9. The summed E-state index contributed by atoms with van der Waals surface area (Å²) in [6.07, 6.45) is 3.35. The summed E-state index contributed by atoms with van der Waals surface area (Å²) in [5.41, 5.74) is 2.13. The molecule has 0 atom stereocenters. The Balaban J connectivity index is 1.45. The minimum atomic E-state index is -3.35. The van der Waals surface area contributed by atoms with Crippen LogP contribution in [0.5, 0.6) is 0 Å². The highest BCUT2D eigenvalue weighted by Crippen LogP contribution is 2.30. The Bertz CT molecular complexity index is 994. The summed E-state index contributed by atoms with van der Waals surface area (Å²) in [6, 6.07) is 14.2. The van der Waals surface area contributed by atoms with Crippen LogP contribution in [-0.2, 0) is 21.1 Å². The highest BCUT2D eigenvalue weighted by Gasteiger charge is 2.30. The van der Waals surface area contributed by atoms with Crippen molar-refractivity contribution in [3.05, 3.63) is 59.7 Å². The standard InChI is InChI=1S/C23H28N2O4S/c26-23(19-6-3-5-18(15-19)17-25-11-13-29-14-12-25)24-20-7-4-10-22(16-20)30(27,28)21-8-1-2-9-21/h3-7,10,15-16,21H,1-2,8-9,11-14,17H2,(H,24,26). The second kappa shape index (κ2) is 9.29. The van der Waals surface area contributed by atoms with Gasteiger partial charge in [-0.05, 0) is 48.7 Å². The zero-order valence-electron chi connectivity index (χ0n) is 17.0. The topological polar surface area (TPSA) is 75.7 Å². The largest absolute Gasteiger partial charge is 0.379 e. The normalized spacial score (nSPS) is 18.4. The first-order valence-electron chi connectivity index (χ1n) is 10.6. The maximum Gasteiger partial charge on any atom is 0.255 e. The number of nitrogens with zero attached hydrogens (tertiary/aromatic N) is 1. The van der Waals surface area contributed by atoms with Gasteiger partial charge in [0.05, 0.1) is 23.4 Å². The van der Waals surface area contributed by atoms with E-state index in [4.69, 9.17) is 4.74 Å². The molecule has 4 rings (SSSR count). The van der Waals surface area contributed by atoms with Crippen LogP contribution >= 0.6 is 0 Å². The molecule has 1 amide bonds. The van der Waals surface area contributed by atoms with Gasteiger partial charge < -0.3 is 10.1 Å². The molecule has 160 valence electrons. The highest BCUT2D eigenvalue weighted by atomic mass is 32.2. The Kier molecular flexibility index (Phi) is 6.51. The molecule has 1 aliphatic carbocycles. The van der Waals surface area contributed by atoms with Gasteiger partial charge in [0.25, 0.3) is 5.91 Å². The molecule has 0 aromatic heterocycles. The second-order valence-electron chi connectivity index (χ2n) is 8.02. The lowest BCUT2D eigenvalue weighted by atomic mass is 10.1. The van der Waals surface area contributed by atoms with Crippen LogP contribution in [0.15, 0.2) is 53.4 Å². The molecule has 0 radical (unpaired) electrons. The number of morpholine rings is 1. The van der Waals surface area contributed by atoms with Crippen LogP contribution in [0.1, 0.15) is 41.6 Å². The number of hydrogen-bond acceptors (Lipinski definition) is 5. The second-order valence-corrected chi connectivity index (χ2v) is 10.3. The van der Waals surface area contributed by atoms with Crippen molar-refractivity contribution in [2.24, 2.45) is 0 Å². The third-order valence-electron chi connectivity index (χ3n) is 5.86. The van der Waals surface area contributed by atoms with E-state index >= 15 is 0 Å². The number of carbonyl (C=O) groups excluding carboxylic acids is 1. The van der Waals surface area contributed by atoms with E-state index in [1.165, 1.54) is 0 Å². The van der Waals surface area contributed by atoms with Crippen LogP contribution in [0.2, 0.25) is 0 Å². The minimum absolute atomic E-state index is 0.241. The van der Waals surface area contributed by atoms with Crippen molar-refractivity contribution in [3.8, 4) is 0 Å². The molecule has 1 saturated carbocycles. The van der Waals surface area contributed by atoms with E-state index in [1.54, 1.807) is 30.3 Å². The van der Waals surface area contributed by atoms with Gasteiger partial charge in [-0.15, -0.1) is 0 Å². The summed E-state index contributed by atoms with van der Waals surface area (Å²) in [4.78, 5) is 15.4. The van der Waals surface area contributed by atoms with Gasteiger partial charge in [0, 0.05) is 30.9 Å². The fourth-order valence-electron chi connectivity index (χ4n) is 4.17. The fraction of sp³-hybridized carbons (Fsp3) is 0.435. The lowest BCUT2D eigenvalue weighted by Gasteiger charge is -2.26. The number of rotatable bonds is 6. The maximum absolute atomic E-state index is 12.9. The van der Waals surface area contributed by atoms with Crippen molar-refractivity contribution in [3.63, 3.8) is 0 Å². The molecule has 1 saturated heterocycles. The summed E-state index contributed by atoms with van der Waals surface area (Å²) in [6.45, 7) is 4.03. The summed E-state index contributed by atoms with van der Waals surface area (Å²) in [7, 11) is -3.35. The molecule has 2 aromatic carbocycles. The average molecular weight is 429 g/mol. The average Bonchev–Trinajstić information content (AvgIpc) is 3.31. The molecule has 0 spiro atoms. The van der Waals surface area contributed by atoms with Crippen molar-refractivity contribution in [2.75, 3.05) is 31.6 Å². The number of anilines is 1. The van der Waals surface area contributed by atoms with E-state index in [2.05, 4.69) is 10.2 Å². The number of amides is 1. The number of benzene rings is 2. The Labute approximate surface area is 178 Å². The Morgan fingerprint density at radius 1 is 1.03 bits per heavy atom. The summed E-state index contributed by atoms with van der Waals surface area (Å²) in [5, 5.41) is 2.55. The van der Waals surface area contributed by atoms with Crippen LogP contribution in [0, 0.1) is 0 Å². The number of sulfone groups is 1. The number of ether oxygens (including phenoxy) is 1. The van der Waals surface area contributed by atoms with Crippen molar-refractivity contribution >= 4 is 21.4 Å². The van der Waals surface area contributed by atoms with Crippen LogP contribution in [0.25, 0.3) is 0 Å². The highest BCUT2D eigenvalue weighted by molar-refractivity contribution is 7.92. The van der Waals surface area contributed by atoms with E-state index in [9.17, 15) is 13.2 Å². The molecule has 0 bridgehead atoms. The molecule has 0 unspecified atom stereocenters. The van der Waals surface area contributed by atoms with Gasteiger partial charge in [-0.1, -0.05) is 31.0 Å². The Morgan fingerprint density at radius 3 is 2.53 bits per heavy atom. The molecule has 30 heavy (non-hydrogen) atoms. The van der Waals surface area contributed by atoms with Gasteiger partial charge in [-0.25, -0.2) is 8.42 Å². The van der Waals surface area contributed by atoms with Crippen LogP contribution in [-0.4, -0.2) is 50.8 Å². The molecular formula is C23H28N2O4S. The predicted molar refractivity (Wildman–Crippen MR) is 116 cm³/mol. The maximum atomic E-state index is 12.9. The van der Waals surface area contributed by atoms with Crippen molar-refractivity contribution < 1.29 is 17.9 Å². The van der Waals surface area contributed by atoms with E-state index in [1.807, 2.05) is 18.2 Å². The summed E-state index contributed by atoms with van der Waals surface area (Å²) in [5.74, 6) is -0.241. The van der Waals surface area contributed by atoms with Gasteiger partial charge in [0.1, 0.15) is 0 Å². The Hall–Kier alpha value is -2.22. The first-order valence-corrected chi connectivity index (χ1v) is 12.1. The van der Waals surface area contributed by atoms with E-state index < -0.39 is 9.84 Å². The summed E-state index contributed by atoms with van der Waals surface area (Å²) < 4.78 is 31.1. The lowest BCUT2D eigenvalue weighted by molar-refractivity contribution is 0.0342. The van der Waals surface area contributed by atoms with Crippen LogP contribution in [0.4, 0.5) is 5.69 Å². The molecule has 2 aromatic rings. The molecule has 6 nitrogen and oxygen atoms in total. The third kappa shape index (κ3) is 4.91. The smallest absolute Gasteiger partial charge is 0.255 e. The first kappa shape index (κ1) is 21.0. The SMILES string of the molecule is O=C(Nc1cccc(S(=O)(=O)C2CCCC2)c1)c1cccc(CN2CCOCC2)c1. The molecule has 7 heteroatoms. The van der Waals surface area contributed by atoms with Crippen molar-refractivity contribution in [2.45, 2.75) is 42.4 Å². The van der Waals surface area contributed by atoms with Crippen LogP contribution < -0.4 is 5.32 Å². The lowest BCUT2D eigenvalue weighted by Crippen LogP contribution is -2.35. The van der Waals surface area contributed by atoms with Gasteiger partial charge >= 0.3 is 0 Å². The molecule has 1 N–H and O–H groups in total. The molecular weight excluding hydrogens is 400 g/mol. The molecule has 2 fully saturated rings. The fourth-order valence-corrected chi connectivity index (χ4v) is 6.07. The monoisotopic (exact) mass is 428 g/mol. The molecule has 1 aliphatic heterocycles. The van der Waals surface area contributed by atoms with E-state index in [0.29, 0.717) is 11.3 Å². The van der Waals surface area contributed by atoms with Gasteiger partial charge in [-0.2, -0.15) is 0 Å². The number of hydrogen-bond donors (Lipinski definition) is 1. The Morgan fingerprint density at radius 2 is 1.77 bits per heavy atom. The van der Waals surface area contributed by atoms with E-state index in [-0.39, 0.29) is 16.1 Å². The van der Waals surface area contributed by atoms with Crippen LogP contribution in [0.3, 0.4) is 0 Å². The predicted octanol–water partition coefficient (Wildman–Crippen LogP) is 3.49. The number of carbonyl (C=O) groups is 1. The van der Waals surface area contributed by atoms with Crippen molar-refractivity contribution in [1.29, 1.82) is 0 Å².